The van der Waals surface area contributed by atoms with Crippen LogP contribution in [0.3, 0.4) is 0 Å². The van der Waals surface area contributed by atoms with Crippen molar-refractivity contribution < 1.29 is 4.42 Å². The summed E-state index contributed by atoms with van der Waals surface area (Å²) >= 11 is 4.82. The van der Waals surface area contributed by atoms with Gasteiger partial charge in [0, 0.05) is 6.42 Å². The van der Waals surface area contributed by atoms with E-state index in [9.17, 15) is 0 Å². The van der Waals surface area contributed by atoms with Crippen LogP contribution in [0.4, 0.5) is 0 Å². The molecule has 4 heteroatoms. The molecule has 0 saturated heterocycles. The number of H-pyrrole nitrogens is 1. The van der Waals surface area contributed by atoms with Crippen molar-refractivity contribution in [3.63, 3.8) is 0 Å². The number of nitrogens with zero attached hydrogens (tertiary/aromatic N) is 1. The van der Waals surface area contributed by atoms with E-state index in [2.05, 4.69) is 29.3 Å². The lowest BCUT2D eigenvalue weighted by atomic mass is 9.98. The van der Waals surface area contributed by atoms with Crippen LogP contribution in [0.1, 0.15) is 24.3 Å². The lowest BCUT2D eigenvalue weighted by Crippen LogP contribution is -1.98. The standard InChI is InChI=1S/C11H12N2OS/c1-8(9-5-3-2-4-6-9)7-10-12-13-11(15)14-10/h2-6,8H,7H2,1H3,(H,13,15)/t8-/m0/s1. The molecular formula is C11H12N2OS. The van der Waals surface area contributed by atoms with E-state index >= 15 is 0 Å². The maximum absolute atomic E-state index is 5.22. The van der Waals surface area contributed by atoms with Crippen molar-refractivity contribution >= 4 is 12.2 Å². The SMILES string of the molecule is C[C@@H](Cc1n[nH]c(=S)o1)c1ccccc1. The molecule has 0 amide bonds. The third-order valence-electron chi connectivity index (χ3n) is 2.33. The summed E-state index contributed by atoms with van der Waals surface area (Å²) in [6.07, 6.45) is 0.761. The van der Waals surface area contributed by atoms with Crippen molar-refractivity contribution in [2.45, 2.75) is 19.3 Å². The topological polar surface area (TPSA) is 41.8 Å². The van der Waals surface area contributed by atoms with Gasteiger partial charge in [-0.25, -0.2) is 5.10 Å². The Morgan fingerprint density at radius 3 is 2.73 bits per heavy atom. The number of hydrogen-bond acceptors (Lipinski definition) is 3. The van der Waals surface area contributed by atoms with Crippen molar-refractivity contribution in [3.8, 4) is 0 Å². The molecule has 0 radical (unpaired) electrons. The summed E-state index contributed by atoms with van der Waals surface area (Å²) in [6.45, 7) is 2.14. The highest BCUT2D eigenvalue weighted by atomic mass is 32.1. The van der Waals surface area contributed by atoms with Gasteiger partial charge in [-0.15, -0.1) is 5.10 Å². The summed E-state index contributed by atoms with van der Waals surface area (Å²) in [5.41, 5.74) is 1.28. The summed E-state index contributed by atoms with van der Waals surface area (Å²) in [7, 11) is 0. The van der Waals surface area contributed by atoms with Crippen molar-refractivity contribution in [1.82, 2.24) is 10.2 Å². The minimum Gasteiger partial charge on any atom is -0.414 e. The molecule has 2 rings (SSSR count). The molecule has 1 N–H and O–H groups in total. The van der Waals surface area contributed by atoms with Crippen molar-refractivity contribution in [3.05, 3.63) is 46.6 Å². The second kappa shape index (κ2) is 4.40. The normalized spacial score (nSPS) is 12.6. The predicted molar refractivity (Wildman–Crippen MR) is 60.2 cm³/mol. The Kier molecular flexibility index (Phi) is 2.97. The van der Waals surface area contributed by atoms with Gasteiger partial charge in [0.15, 0.2) is 0 Å². The molecule has 0 aliphatic carbocycles. The molecule has 0 unspecified atom stereocenters. The number of nitrogens with one attached hydrogen (secondary N) is 1. The molecule has 1 aromatic heterocycles. The molecule has 2 aromatic rings. The third-order valence-corrected chi connectivity index (χ3v) is 2.51. The maximum Gasteiger partial charge on any atom is 0.284 e. The van der Waals surface area contributed by atoms with E-state index < -0.39 is 0 Å². The van der Waals surface area contributed by atoms with E-state index in [0.29, 0.717) is 16.6 Å². The highest BCUT2D eigenvalue weighted by molar-refractivity contribution is 7.71. The van der Waals surface area contributed by atoms with E-state index in [4.69, 9.17) is 16.6 Å². The smallest absolute Gasteiger partial charge is 0.284 e. The molecular weight excluding hydrogens is 208 g/mol. The van der Waals surface area contributed by atoms with Crippen molar-refractivity contribution in [1.29, 1.82) is 0 Å². The van der Waals surface area contributed by atoms with E-state index in [1.54, 1.807) is 0 Å². The van der Waals surface area contributed by atoms with Gasteiger partial charge in [0.25, 0.3) is 4.84 Å². The van der Waals surface area contributed by atoms with Crippen LogP contribution in [0.15, 0.2) is 34.7 Å². The van der Waals surface area contributed by atoms with Gasteiger partial charge in [-0.2, -0.15) is 0 Å². The highest BCUT2D eigenvalue weighted by Crippen LogP contribution is 2.18. The number of aromatic nitrogens is 2. The Hall–Kier alpha value is -1.42. The van der Waals surface area contributed by atoms with E-state index in [1.807, 2.05) is 18.2 Å². The van der Waals surface area contributed by atoms with Crippen molar-refractivity contribution in [2.24, 2.45) is 0 Å². The Balaban J connectivity index is 2.10. The number of aromatic amines is 1. The zero-order valence-corrected chi connectivity index (χ0v) is 9.25. The number of hydrogen-bond donors (Lipinski definition) is 1. The predicted octanol–water partition coefficient (Wildman–Crippen LogP) is 3.08. The molecule has 0 spiro atoms. The van der Waals surface area contributed by atoms with Crippen LogP contribution in [0.25, 0.3) is 0 Å². The summed E-state index contributed by atoms with van der Waals surface area (Å²) < 4.78 is 5.22. The van der Waals surface area contributed by atoms with Gasteiger partial charge in [-0.05, 0) is 23.7 Å². The number of rotatable bonds is 3. The Labute approximate surface area is 93.1 Å². The van der Waals surface area contributed by atoms with Crippen LogP contribution in [-0.2, 0) is 6.42 Å². The van der Waals surface area contributed by atoms with Crippen molar-refractivity contribution in [2.75, 3.05) is 0 Å². The first-order valence-electron chi connectivity index (χ1n) is 4.85. The fraction of sp³-hybridized carbons (Fsp3) is 0.273. The molecule has 78 valence electrons. The average Bonchev–Trinajstić information content (AvgIpc) is 2.65. The third kappa shape index (κ3) is 2.53. The van der Waals surface area contributed by atoms with Gasteiger partial charge >= 0.3 is 0 Å². The van der Waals surface area contributed by atoms with Gasteiger partial charge in [-0.3, -0.25) is 0 Å². The molecule has 0 fully saturated rings. The Bertz CT molecular complexity index is 475. The first-order valence-corrected chi connectivity index (χ1v) is 5.26. The van der Waals surface area contributed by atoms with Gasteiger partial charge in [-0.1, -0.05) is 37.3 Å². The number of benzene rings is 1. The summed E-state index contributed by atoms with van der Waals surface area (Å²) in [5, 5.41) is 6.61. The van der Waals surface area contributed by atoms with Crippen LogP contribution < -0.4 is 0 Å². The highest BCUT2D eigenvalue weighted by Gasteiger charge is 2.09. The molecule has 0 aliphatic heterocycles. The summed E-state index contributed by atoms with van der Waals surface area (Å²) in [5.74, 6) is 1.05. The molecule has 0 bridgehead atoms. The molecule has 0 saturated carbocycles. The minimum absolute atomic E-state index is 0.338. The lowest BCUT2D eigenvalue weighted by Gasteiger charge is -2.08. The Morgan fingerprint density at radius 1 is 1.40 bits per heavy atom. The quantitative estimate of drug-likeness (QED) is 0.808. The molecule has 1 aromatic carbocycles. The van der Waals surface area contributed by atoms with Crippen LogP contribution in [0.2, 0.25) is 0 Å². The van der Waals surface area contributed by atoms with E-state index in [1.165, 1.54) is 5.56 Å². The minimum atomic E-state index is 0.338. The molecule has 3 nitrogen and oxygen atoms in total. The lowest BCUT2D eigenvalue weighted by molar-refractivity contribution is 0.466. The van der Waals surface area contributed by atoms with Gasteiger partial charge < -0.3 is 4.42 Å². The summed E-state index contributed by atoms with van der Waals surface area (Å²) in [6, 6.07) is 10.3. The average molecular weight is 220 g/mol. The van der Waals surface area contributed by atoms with Crippen LogP contribution in [0, 0.1) is 4.84 Å². The first kappa shape index (κ1) is 10.1. The zero-order chi connectivity index (χ0) is 10.7. The largest absolute Gasteiger partial charge is 0.414 e. The first-order chi connectivity index (χ1) is 7.25. The van der Waals surface area contributed by atoms with Gasteiger partial charge in [0.2, 0.25) is 5.89 Å². The fourth-order valence-corrected chi connectivity index (χ4v) is 1.65. The van der Waals surface area contributed by atoms with Gasteiger partial charge in [0.05, 0.1) is 0 Å². The maximum atomic E-state index is 5.22. The van der Waals surface area contributed by atoms with Crippen LogP contribution in [-0.4, -0.2) is 10.2 Å². The van der Waals surface area contributed by atoms with Crippen LogP contribution in [0.5, 0.6) is 0 Å². The molecule has 0 aliphatic rings. The zero-order valence-electron chi connectivity index (χ0n) is 8.43. The second-order valence-corrected chi connectivity index (χ2v) is 3.89. The monoisotopic (exact) mass is 220 g/mol. The molecule has 1 atom stereocenters. The van der Waals surface area contributed by atoms with E-state index in [-0.39, 0.29) is 0 Å². The second-order valence-electron chi connectivity index (χ2n) is 3.52. The van der Waals surface area contributed by atoms with Crippen LogP contribution >= 0.6 is 12.2 Å². The summed E-state index contributed by atoms with van der Waals surface area (Å²) in [4.78, 5) is 0.338. The van der Waals surface area contributed by atoms with E-state index in [0.717, 1.165) is 6.42 Å². The molecule has 15 heavy (non-hydrogen) atoms. The fourth-order valence-electron chi connectivity index (χ4n) is 1.51. The Morgan fingerprint density at radius 2 is 2.13 bits per heavy atom. The van der Waals surface area contributed by atoms with Gasteiger partial charge in [0.1, 0.15) is 0 Å². The molecule has 1 heterocycles.